The minimum Gasteiger partial charge on any atom is -0.0651 e. The molecule has 3 rings (SSSR count). The average molecular weight is 248 g/mol. The van der Waals surface area contributed by atoms with Crippen LogP contribution in [0.25, 0.3) is 0 Å². The van der Waals surface area contributed by atoms with Crippen LogP contribution >= 0.6 is 0 Å². The quantitative estimate of drug-likeness (QED) is 0.614. The fraction of sp³-hybridized carbons (Fsp3) is 1.00. The van der Waals surface area contributed by atoms with E-state index in [1.807, 2.05) is 0 Å². The molecular formula is C18H32. The topological polar surface area (TPSA) is 0 Å². The Bertz CT molecular complexity index is 303. The smallest absolute Gasteiger partial charge is 0.0238 e. The van der Waals surface area contributed by atoms with Crippen molar-refractivity contribution >= 4 is 0 Å². The third kappa shape index (κ3) is 1.70. The summed E-state index contributed by atoms with van der Waals surface area (Å²) in [7, 11) is 0. The van der Waals surface area contributed by atoms with Crippen LogP contribution in [0.5, 0.6) is 0 Å². The highest BCUT2D eigenvalue weighted by molar-refractivity contribution is 5.12. The summed E-state index contributed by atoms with van der Waals surface area (Å²) >= 11 is 0. The zero-order chi connectivity index (χ0) is 12.9. The molecule has 3 fully saturated rings. The normalized spacial score (nSPS) is 50.2. The molecule has 0 aromatic carbocycles. The Morgan fingerprint density at radius 2 is 1.78 bits per heavy atom. The van der Waals surface area contributed by atoms with Crippen LogP contribution in [-0.4, -0.2) is 0 Å². The van der Waals surface area contributed by atoms with Gasteiger partial charge in [-0.1, -0.05) is 40.5 Å². The predicted octanol–water partition coefficient (Wildman–Crippen LogP) is 5.52. The lowest BCUT2D eigenvalue weighted by atomic mass is 9.50. The van der Waals surface area contributed by atoms with Gasteiger partial charge in [-0.25, -0.2) is 0 Å². The van der Waals surface area contributed by atoms with Crippen molar-refractivity contribution < 1.29 is 0 Å². The first kappa shape index (κ1) is 13.0. The molecule has 0 saturated heterocycles. The van der Waals surface area contributed by atoms with E-state index in [1.54, 1.807) is 25.7 Å². The molecule has 6 atom stereocenters. The Hall–Kier alpha value is 0. The van der Waals surface area contributed by atoms with Crippen molar-refractivity contribution in [1.82, 2.24) is 0 Å². The highest BCUT2D eigenvalue weighted by atomic mass is 14.7. The van der Waals surface area contributed by atoms with Crippen LogP contribution in [0.3, 0.4) is 0 Å². The van der Waals surface area contributed by atoms with Gasteiger partial charge in [0.15, 0.2) is 0 Å². The summed E-state index contributed by atoms with van der Waals surface area (Å²) in [6.07, 6.45) is 10.6. The minimum absolute atomic E-state index is 0.762. The first-order chi connectivity index (χ1) is 8.59. The first-order valence-electron chi connectivity index (χ1n) is 8.59. The van der Waals surface area contributed by atoms with E-state index < -0.39 is 0 Å². The van der Waals surface area contributed by atoms with Crippen LogP contribution in [0.4, 0.5) is 0 Å². The monoisotopic (exact) mass is 248 g/mol. The molecule has 3 saturated carbocycles. The highest BCUT2D eigenvalue weighted by Gasteiger charge is 2.63. The molecule has 18 heavy (non-hydrogen) atoms. The summed E-state index contributed by atoms with van der Waals surface area (Å²) in [6.45, 7) is 9.95. The summed E-state index contributed by atoms with van der Waals surface area (Å²) in [4.78, 5) is 0. The average Bonchev–Trinajstić information content (AvgIpc) is 2.80. The maximum absolute atomic E-state index is 2.68. The van der Waals surface area contributed by atoms with Gasteiger partial charge in [0, 0.05) is 0 Å². The Kier molecular flexibility index (Phi) is 3.27. The molecule has 0 bridgehead atoms. The van der Waals surface area contributed by atoms with E-state index in [0.717, 1.165) is 40.9 Å². The Balaban J connectivity index is 1.70. The Morgan fingerprint density at radius 1 is 1.06 bits per heavy atom. The van der Waals surface area contributed by atoms with Gasteiger partial charge in [0.25, 0.3) is 0 Å². The van der Waals surface area contributed by atoms with Gasteiger partial charge in [0.05, 0.1) is 0 Å². The molecule has 0 heterocycles. The largest absolute Gasteiger partial charge is 0.0651 e. The maximum Gasteiger partial charge on any atom is -0.0238 e. The van der Waals surface area contributed by atoms with Crippen molar-refractivity contribution in [1.29, 1.82) is 0 Å². The van der Waals surface area contributed by atoms with Crippen molar-refractivity contribution in [2.75, 3.05) is 0 Å². The third-order valence-corrected chi connectivity index (χ3v) is 7.42. The summed E-state index contributed by atoms with van der Waals surface area (Å²) in [5.74, 6) is 6.43. The van der Waals surface area contributed by atoms with Gasteiger partial charge in [-0.3, -0.25) is 0 Å². The highest BCUT2D eigenvalue weighted by Crippen LogP contribution is 2.71. The van der Waals surface area contributed by atoms with Crippen LogP contribution in [-0.2, 0) is 0 Å². The molecule has 0 amide bonds. The van der Waals surface area contributed by atoms with Crippen LogP contribution < -0.4 is 0 Å². The van der Waals surface area contributed by atoms with Crippen molar-refractivity contribution in [3.8, 4) is 0 Å². The number of hydrogen-bond acceptors (Lipinski definition) is 0. The maximum atomic E-state index is 2.68. The molecule has 0 aliphatic heterocycles. The van der Waals surface area contributed by atoms with Gasteiger partial charge in [0.1, 0.15) is 0 Å². The SMILES string of the molecule is CCC(CC)CC1CC2CC3CC(C)CC3C12C. The number of fused-ring (bicyclic) bond motifs is 3. The standard InChI is InChI=1S/C18H32/c1-5-13(6-2)9-15-11-16-10-14-7-12(3)8-17(14)18(15,16)4/h12-17H,5-11H2,1-4H3. The third-order valence-electron chi connectivity index (χ3n) is 7.42. The van der Waals surface area contributed by atoms with Crippen molar-refractivity contribution in [3.63, 3.8) is 0 Å². The summed E-state index contributed by atoms with van der Waals surface area (Å²) in [5, 5.41) is 0. The van der Waals surface area contributed by atoms with Crippen molar-refractivity contribution in [2.45, 2.75) is 72.6 Å². The molecule has 0 N–H and O–H groups in total. The van der Waals surface area contributed by atoms with Gasteiger partial charge >= 0.3 is 0 Å². The second-order valence-electron chi connectivity index (χ2n) is 8.09. The molecule has 0 aromatic heterocycles. The van der Waals surface area contributed by atoms with E-state index in [9.17, 15) is 0 Å². The van der Waals surface area contributed by atoms with E-state index >= 15 is 0 Å². The van der Waals surface area contributed by atoms with Crippen LogP contribution in [0, 0.1) is 40.9 Å². The summed E-state index contributed by atoms with van der Waals surface area (Å²) in [5.41, 5.74) is 0.762. The molecule has 3 aliphatic rings. The molecule has 0 spiro atoms. The molecule has 0 aromatic rings. The van der Waals surface area contributed by atoms with E-state index in [4.69, 9.17) is 0 Å². The molecular weight excluding hydrogens is 216 g/mol. The van der Waals surface area contributed by atoms with Gasteiger partial charge in [-0.05, 0) is 73.0 Å². The predicted molar refractivity (Wildman–Crippen MR) is 78.4 cm³/mol. The van der Waals surface area contributed by atoms with Crippen LogP contribution in [0.15, 0.2) is 0 Å². The van der Waals surface area contributed by atoms with E-state index in [1.165, 1.54) is 19.3 Å². The second kappa shape index (κ2) is 4.53. The second-order valence-corrected chi connectivity index (χ2v) is 8.09. The minimum atomic E-state index is 0.762. The van der Waals surface area contributed by atoms with Gasteiger partial charge in [-0.2, -0.15) is 0 Å². The fourth-order valence-electron chi connectivity index (χ4n) is 6.15. The van der Waals surface area contributed by atoms with E-state index in [2.05, 4.69) is 27.7 Å². The first-order valence-corrected chi connectivity index (χ1v) is 8.59. The molecule has 0 radical (unpaired) electrons. The Labute approximate surface area is 114 Å². The number of rotatable bonds is 4. The van der Waals surface area contributed by atoms with Crippen LogP contribution in [0.2, 0.25) is 0 Å². The van der Waals surface area contributed by atoms with Crippen molar-refractivity contribution in [2.24, 2.45) is 40.9 Å². The molecule has 0 nitrogen and oxygen atoms in total. The molecule has 3 aliphatic carbocycles. The summed E-state index contributed by atoms with van der Waals surface area (Å²) < 4.78 is 0. The lowest BCUT2D eigenvalue weighted by Gasteiger charge is -2.55. The molecule has 0 heteroatoms. The van der Waals surface area contributed by atoms with Gasteiger partial charge in [0.2, 0.25) is 0 Å². The molecule has 104 valence electrons. The zero-order valence-corrected chi connectivity index (χ0v) is 12.9. The lowest BCUT2D eigenvalue weighted by molar-refractivity contribution is -0.0617. The van der Waals surface area contributed by atoms with Crippen LogP contribution in [0.1, 0.15) is 72.6 Å². The Morgan fingerprint density at radius 3 is 2.44 bits per heavy atom. The van der Waals surface area contributed by atoms with E-state index in [-0.39, 0.29) is 0 Å². The fourth-order valence-corrected chi connectivity index (χ4v) is 6.15. The lowest BCUT2D eigenvalue weighted by Crippen LogP contribution is -2.48. The van der Waals surface area contributed by atoms with E-state index in [0.29, 0.717) is 0 Å². The molecule has 6 unspecified atom stereocenters. The number of hydrogen-bond donors (Lipinski definition) is 0. The zero-order valence-electron chi connectivity index (χ0n) is 12.9. The van der Waals surface area contributed by atoms with Gasteiger partial charge < -0.3 is 0 Å². The summed E-state index contributed by atoms with van der Waals surface area (Å²) in [6, 6.07) is 0. The van der Waals surface area contributed by atoms with Crippen molar-refractivity contribution in [3.05, 3.63) is 0 Å². The van der Waals surface area contributed by atoms with Gasteiger partial charge in [-0.15, -0.1) is 0 Å².